The van der Waals surface area contributed by atoms with Gasteiger partial charge in [0.2, 0.25) is 0 Å². The van der Waals surface area contributed by atoms with Gasteiger partial charge in [0.1, 0.15) is 5.75 Å². The van der Waals surface area contributed by atoms with Crippen LogP contribution in [0.5, 0.6) is 5.75 Å². The molecule has 96 valence electrons. The van der Waals surface area contributed by atoms with Gasteiger partial charge in [-0.1, -0.05) is 17.7 Å². The van der Waals surface area contributed by atoms with Crippen LogP contribution in [0.2, 0.25) is 5.02 Å². The molecule has 3 nitrogen and oxygen atoms in total. The number of nitrogens with two attached hydrogens (primary N) is 1. The molecule has 0 radical (unpaired) electrons. The molecule has 2 aromatic rings. The van der Waals surface area contributed by atoms with Crippen molar-refractivity contribution in [2.24, 2.45) is 5.84 Å². The predicted molar refractivity (Wildman–Crippen MR) is 76.2 cm³/mol. The van der Waals surface area contributed by atoms with E-state index in [1.165, 1.54) is 4.88 Å². The largest absolute Gasteiger partial charge is 0.496 e. The zero-order valence-electron chi connectivity index (χ0n) is 10.2. The van der Waals surface area contributed by atoms with E-state index in [0.29, 0.717) is 5.02 Å². The van der Waals surface area contributed by atoms with Gasteiger partial charge in [0, 0.05) is 15.5 Å². The summed E-state index contributed by atoms with van der Waals surface area (Å²) in [6.45, 7) is 2.07. The van der Waals surface area contributed by atoms with Crippen LogP contribution in [-0.2, 0) is 0 Å². The Bertz CT molecular complexity index is 542. The average Bonchev–Trinajstić information content (AvgIpc) is 2.78. The Balaban J connectivity index is 2.44. The summed E-state index contributed by atoms with van der Waals surface area (Å²) in [5.41, 5.74) is 4.93. The Hall–Kier alpha value is -1.07. The first-order chi connectivity index (χ1) is 8.65. The minimum absolute atomic E-state index is 0.0952. The number of halogens is 1. The lowest BCUT2D eigenvalue weighted by Crippen LogP contribution is -2.28. The molecule has 0 amide bonds. The number of aryl methyl sites for hydroxylation is 1. The number of hydrazine groups is 1. The van der Waals surface area contributed by atoms with Crippen LogP contribution in [0.15, 0.2) is 29.6 Å². The fraction of sp³-hybridized carbons (Fsp3) is 0.231. The zero-order chi connectivity index (χ0) is 13.1. The maximum atomic E-state index is 5.96. The maximum absolute atomic E-state index is 5.96. The van der Waals surface area contributed by atoms with Gasteiger partial charge < -0.3 is 4.74 Å². The van der Waals surface area contributed by atoms with E-state index in [-0.39, 0.29) is 6.04 Å². The van der Waals surface area contributed by atoms with Gasteiger partial charge in [-0.2, -0.15) is 0 Å². The molecule has 0 aliphatic carbocycles. The molecule has 1 heterocycles. The molecule has 0 aliphatic heterocycles. The van der Waals surface area contributed by atoms with Crippen molar-refractivity contribution in [3.8, 4) is 5.75 Å². The van der Waals surface area contributed by atoms with Crippen molar-refractivity contribution in [3.05, 3.63) is 50.7 Å². The van der Waals surface area contributed by atoms with Crippen LogP contribution in [0.25, 0.3) is 0 Å². The lowest BCUT2D eigenvalue weighted by atomic mass is 10.0. The summed E-state index contributed by atoms with van der Waals surface area (Å²) in [4.78, 5) is 1.25. The quantitative estimate of drug-likeness (QED) is 0.668. The second kappa shape index (κ2) is 5.71. The summed E-state index contributed by atoms with van der Waals surface area (Å²) in [6, 6.07) is 7.58. The fourth-order valence-electron chi connectivity index (χ4n) is 1.90. The standard InChI is InChI=1S/C13H15ClN2OS/c1-8-5-9(7-18-8)13(16-15)11-4-3-10(14)6-12(11)17-2/h3-7,13,16H,15H2,1-2H3. The first kappa shape index (κ1) is 13.4. The van der Waals surface area contributed by atoms with Gasteiger partial charge in [-0.15, -0.1) is 11.3 Å². The number of benzene rings is 1. The Kier molecular flexibility index (Phi) is 4.24. The summed E-state index contributed by atoms with van der Waals surface area (Å²) >= 11 is 7.66. The van der Waals surface area contributed by atoms with Crippen molar-refractivity contribution in [2.45, 2.75) is 13.0 Å². The van der Waals surface area contributed by atoms with Crippen LogP contribution in [-0.4, -0.2) is 7.11 Å². The second-order valence-corrected chi connectivity index (χ2v) is 5.53. The van der Waals surface area contributed by atoms with Gasteiger partial charge in [0.05, 0.1) is 13.2 Å². The Morgan fingerprint density at radius 1 is 1.39 bits per heavy atom. The number of ether oxygens (including phenoxy) is 1. The van der Waals surface area contributed by atoms with Crippen molar-refractivity contribution < 1.29 is 4.74 Å². The molecular weight excluding hydrogens is 268 g/mol. The molecule has 2 rings (SSSR count). The summed E-state index contributed by atoms with van der Waals surface area (Å²) in [5, 5.41) is 2.74. The number of methoxy groups -OCH3 is 1. The van der Waals surface area contributed by atoms with Gasteiger partial charge in [-0.3, -0.25) is 5.84 Å². The minimum Gasteiger partial charge on any atom is -0.496 e. The molecule has 1 aromatic heterocycles. The predicted octanol–water partition coefficient (Wildman–Crippen LogP) is 3.27. The molecule has 3 N–H and O–H groups in total. The summed E-state index contributed by atoms with van der Waals surface area (Å²) in [5.74, 6) is 6.40. The van der Waals surface area contributed by atoms with E-state index in [1.807, 2.05) is 12.1 Å². The van der Waals surface area contributed by atoms with Gasteiger partial charge in [0.25, 0.3) is 0 Å². The fourth-order valence-corrected chi connectivity index (χ4v) is 2.80. The van der Waals surface area contributed by atoms with Gasteiger partial charge in [0.15, 0.2) is 0 Å². The molecule has 1 unspecified atom stereocenters. The minimum atomic E-state index is -0.0952. The van der Waals surface area contributed by atoms with Crippen LogP contribution in [0, 0.1) is 6.92 Å². The van der Waals surface area contributed by atoms with E-state index < -0.39 is 0 Å². The number of hydrogen-bond acceptors (Lipinski definition) is 4. The Morgan fingerprint density at radius 3 is 2.72 bits per heavy atom. The highest BCUT2D eigenvalue weighted by Crippen LogP contribution is 2.33. The van der Waals surface area contributed by atoms with E-state index in [1.54, 1.807) is 24.5 Å². The van der Waals surface area contributed by atoms with Crippen molar-refractivity contribution in [1.29, 1.82) is 0 Å². The smallest absolute Gasteiger partial charge is 0.125 e. The van der Waals surface area contributed by atoms with Crippen molar-refractivity contribution in [1.82, 2.24) is 5.43 Å². The molecule has 0 fully saturated rings. The van der Waals surface area contributed by atoms with E-state index in [9.17, 15) is 0 Å². The van der Waals surface area contributed by atoms with Crippen LogP contribution in [0.3, 0.4) is 0 Å². The third-order valence-corrected chi connectivity index (χ3v) is 3.87. The number of hydrogen-bond donors (Lipinski definition) is 2. The topological polar surface area (TPSA) is 47.3 Å². The van der Waals surface area contributed by atoms with Crippen LogP contribution in [0.1, 0.15) is 22.0 Å². The molecule has 5 heteroatoms. The first-order valence-corrected chi connectivity index (χ1v) is 6.76. The first-order valence-electron chi connectivity index (χ1n) is 5.50. The molecule has 1 aromatic carbocycles. The maximum Gasteiger partial charge on any atom is 0.125 e. The monoisotopic (exact) mass is 282 g/mol. The second-order valence-electron chi connectivity index (χ2n) is 3.98. The van der Waals surface area contributed by atoms with Crippen molar-refractivity contribution >= 4 is 22.9 Å². The highest BCUT2D eigenvalue weighted by atomic mass is 35.5. The highest BCUT2D eigenvalue weighted by Gasteiger charge is 2.18. The molecule has 0 saturated carbocycles. The normalized spacial score (nSPS) is 12.4. The van der Waals surface area contributed by atoms with Crippen molar-refractivity contribution in [3.63, 3.8) is 0 Å². The molecule has 0 bridgehead atoms. The molecule has 0 aliphatic rings. The van der Waals surface area contributed by atoms with E-state index in [4.69, 9.17) is 22.2 Å². The van der Waals surface area contributed by atoms with Gasteiger partial charge >= 0.3 is 0 Å². The third kappa shape index (κ3) is 2.67. The number of thiophene rings is 1. The third-order valence-electron chi connectivity index (χ3n) is 2.76. The molecular formula is C13H15ClN2OS. The molecule has 1 atom stereocenters. The Labute approximate surface area is 116 Å². The number of nitrogens with one attached hydrogen (secondary N) is 1. The summed E-state index contributed by atoms with van der Waals surface area (Å²) < 4.78 is 5.36. The van der Waals surface area contributed by atoms with Crippen molar-refractivity contribution in [2.75, 3.05) is 7.11 Å². The lowest BCUT2D eigenvalue weighted by molar-refractivity contribution is 0.404. The summed E-state index contributed by atoms with van der Waals surface area (Å²) in [7, 11) is 1.63. The van der Waals surface area contributed by atoms with Crippen LogP contribution >= 0.6 is 22.9 Å². The number of rotatable bonds is 4. The Morgan fingerprint density at radius 2 is 2.17 bits per heavy atom. The molecule has 0 spiro atoms. The lowest BCUT2D eigenvalue weighted by Gasteiger charge is -2.18. The highest BCUT2D eigenvalue weighted by molar-refractivity contribution is 7.10. The van der Waals surface area contributed by atoms with E-state index in [2.05, 4.69) is 23.8 Å². The SMILES string of the molecule is COc1cc(Cl)ccc1C(NN)c1csc(C)c1. The van der Waals surface area contributed by atoms with Crippen LogP contribution < -0.4 is 16.0 Å². The van der Waals surface area contributed by atoms with Crippen LogP contribution in [0.4, 0.5) is 0 Å². The van der Waals surface area contributed by atoms with E-state index >= 15 is 0 Å². The van der Waals surface area contributed by atoms with Gasteiger partial charge in [-0.05, 0) is 36.1 Å². The van der Waals surface area contributed by atoms with E-state index in [0.717, 1.165) is 16.9 Å². The molecule has 0 saturated heterocycles. The molecule has 18 heavy (non-hydrogen) atoms. The average molecular weight is 283 g/mol. The summed E-state index contributed by atoms with van der Waals surface area (Å²) in [6.07, 6.45) is 0. The van der Waals surface area contributed by atoms with Gasteiger partial charge in [-0.25, -0.2) is 5.43 Å². The zero-order valence-corrected chi connectivity index (χ0v) is 11.8.